The van der Waals surface area contributed by atoms with Crippen LogP contribution < -0.4 is 5.32 Å². The fraction of sp³-hybridized carbons (Fsp3) is 0.667. The van der Waals surface area contributed by atoms with E-state index in [9.17, 15) is 0 Å². The number of hydrogen-bond donors (Lipinski definition) is 1. The summed E-state index contributed by atoms with van der Waals surface area (Å²) in [5.74, 6) is 0.898. The Morgan fingerprint density at radius 2 is 1.85 bits per heavy atom. The normalized spacial score (nSPS) is 24.6. The van der Waals surface area contributed by atoms with Crippen LogP contribution in [0.25, 0.3) is 0 Å². The maximum absolute atomic E-state index is 3.85. The first kappa shape index (κ1) is 14.1. The number of benzene rings is 1. The molecule has 110 valence electrons. The highest BCUT2D eigenvalue weighted by Crippen LogP contribution is 2.22. The van der Waals surface area contributed by atoms with Crippen molar-refractivity contribution >= 4 is 0 Å². The van der Waals surface area contributed by atoms with Gasteiger partial charge in [0.1, 0.15) is 0 Å². The summed E-state index contributed by atoms with van der Waals surface area (Å²) in [6.07, 6.45) is 6.55. The molecular formula is C18H28N2. The fourth-order valence-corrected chi connectivity index (χ4v) is 3.71. The largest absolute Gasteiger partial charge is 0.313 e. The predicted octanol–water partition coefficient (Wildman–Crippen LogP) is 2.87. The molecule has 0 aromatic heterocycles. The van der Waals surface area contributed by atoms with Crippen LogP contribution in [0.1, 0.15) is 37.3 Å². The van der Waals surface area contributed by atoms with E-state index in [2.05, 4.69) is 41.4 Å². The molecular weight excluding hydrogens is 244 g/mol. The number of nitrogens with one attached hydrogen (secondary N) is 1. The van der Waals surface area contributed by atoms with Crippen molar-refractivity contribution in [1.82, 2.24) is 10.2 Å². The lowest BCUT2D eigenvalue weighted by atomic mass is 9.87. The number of nitrogens with zero attached hydrogens (tertiary/aromatic N) is 1. The highest BCUT2D eigenvalue weighted by atomic mass is 15.1. The monoisotopic (exact) mass is 272 g/mol. The van der Waals surface area contributed by atoms with Crippen LogP contribution in [0.3, 0.4) is 0 Å². The first-order valence-corrected chi connectivity index (χ1v) is 8.37. The summed E-state index contributed by atoms with van der Waals surface area (Å²) in [6.45, 7) is 7.33. The molecule has 0 bridgehead atoms. The Labute approximate surface area is 123 Å². The van der Waals surface area contributed by atoms with Gasteiger partial charge in [-0.25, -0.2) is 0 Å². The molecule has 1 aliphatic carbocycles. The van der Waals surface area contributed by atoms with Gasteiger partial charge in [0, 0.05) is 6.04 Å². The van der Waals surface area contributed by atoms with E-state index in [1.807, 2.05) is 0 Å². The quantitative estimate of drug-likeness (QED) is 0.906. The molecule has 1 unspecified atom stereocenters. The molecule has 2 nitrogen and oxygen atoms in total. The van der Waals surface area contributed by atoms with E-state index in [1.165, 1.54) is 58.3 Å². The number of hydrogen-bond acceptors (Lipinski definition) is 2. The van der Waals surface area contributed by atoms with Gasteiger partial charge in [-0.05, 0) is 75.3 Å². The molecule has 0 saturated carbocycles. The standard InChI is InChI=1S/C18H28N2/c1-2-20-11-9-15(10-12-20)14-19-18-8-7-16-5-3-4-6-17(16)13-18/h3-6,15,18-19H,2,7-14H2,1H3. The first-order valence-electron chi connectivity index (χ1n) is 8.37. The van der Waals surface area contributed by atoms with Gasteiger partial charge in [0.25, 0.3) is 0 Å². The third-order valence-electron chi connectivity index (χ3n) is 5.20. The zero-order valence-corrected chi connectivity index (χ0v) is 12.8. The smallest absolute Gasteiger partial charge is 0.0111 e. The zero-order valence-electron chi connectivity index (χ0n) is 12.8. The van der Waals surface area contributed by atoms with Crippen LogP contribution in [0.2, 0.25) is 0 Å². The van der Waals surface area contributed by atoms with Gasteiger partial charge in [-0.1, -0.05) is 31.2 Å². The molecule has 0 spiro atoms. The third kappa shape index (κ3) is 3.42. The van der Waals surface area contributed by atoms with Crippen LogP contribution in [-0.2, 0) is 12.8 Å². The zero-order chi connectivity index (χ0) is 13.8. The third-order valence-corrected chi connectivity index (χ3v) is 5.20. The van der Waals surface area contributed by atoms with Crippen molar-refractivity contribution < 1.29 is 0 Å². The van der Waals surface area contributed by atoms with Gasteiger partial charge < -0.3 is 10.2 Å². The Morgan fingerprint density at radius 3 is 2.60 bits per heavy atom. The summed E-state index contributed by atoms with van der Waals surface area (Å²) in [5, 5.41) is 3.85. The summed E-state index contributed by atoms with van der Waals surface area (Å²) in [6, 6.07) is 9.67. The highest BCUT2D eigenvalue weighted by molar-refractivity contribution is 5.30. The van der Waals surface area contributed by atoms with Gasteiger partial charge in [-0.3, -0.25) is 0 Å². The lowest BCUT2D eigenvalue weighted by Gasteiger charge is -2.33. The molecule has 2 aliphatic rings. The van der Waals surface area contributed by atoms with Crippen molar-refractivity contribution in [2.45, 2.75) is 45.1 Å². The second-order valence-corrected chi connectivity index (χ2v) is 6.49. The summed E-state index contributed by atoms with van der Waals surface area (Å²) in [7, 11) is 0. The molecule has 0 amide bonds. The second kappa shape index (κ2) is 6.73. The summed E-state index contributed by atoms with van der Waals surface area (Å²) in [5.41, 5.74) is 3.14. The fourth-order valence-electron chi connectivity index (χ4n) is 3.71. The lowest BCUT2D eigenvalue weighted by Crippen LogP contribution is -2.41. The van der Waals surface area contributed by atoms with E-state index < -0.39 is 0 Å². The first-order chi connectivity index (χ1) is 9.85. The van der Waals surface area contributed by atoms with E-state index in [0.29, 0.717) is 6.04 Å². The summed E-state index contributed by atoms with van der Waals surface area (Å²) >= 11 is 0. The topological polar surface area (TPSA) is 15.3 Å². The molecule has 1 N–H and O–H groups in total. The van der Waals surface area contributed by atoms with Gasteiger partial charge >= 0.3 is 0 Å². The highest BCUT2D eigenvalue weighted by Gasteiger charge is 2.21. The number of fused-ring (bicyclic) bond motifs is 1. The molecule has 1 aromatic carbocycles. The lowest BCUT2D eigenvalue weighted by molar-refractivity contribution is 0.186. The van der Waals surface area contributed by atoms with Crippen molar-refractivity contribution in [2.75, 3.05) is 26.2 Å². The molecule has 20 heavy (non-hydrogen) atoms. The van der Waals surface area contributed by atoms with Gasteiger partial charge in [0.2, 0.25) is 0 Å². The Morgan fingerprint density at radius 1 is 1.10 bits per heavy atom. The second-order valence-electron chi connectivity index (χ2n) is 6.49. The minimum absolute atomic E-state index is 0.703. The maximum atomic E-state index is 3.85. The van der Waals surface area contributed by atoms with Crippen LogP contribution in [-0.4, -0.2) is 37.1 Å². The summed E-state index contributed by atoms with van der Waals surface area (Å²) in [4.78, 5) is 2.58. The molecule has 1 heterocycles. The van der Waals surface area contributed by atoms with Crippen LogP contribution in [0, 0.1) is 5.92 Å². The number of aryl methyl sites for hydroxylation is 1. The molecule has 1 aromatic rings. The van der Waals surface area contributed by atoms with Crippen molar-refractivity contribution in [2.24, 2.45) is 5.92 Å². The van der Waals surface area contributed by atoms with Crippen molar-refractivity contribution in [3.8, 4) is 0 Å². The van der Waals surface area contributed by atoms with Crippen molar-refractivity contribution in [1.29, 1.82) is 0 Å². The van der Waals surface area contributed by atoms with Gasteiger partial charge in [0.15, 0.2) is 0 Å². The van der Waals surface area contributed by atoms with Crippen LogP contribution >= 0.6 is 0 Å². The Bertz CT molecular complexity index is 421. The Hall–Kier alpha value is -0.860. The van der Waals surface area contributed by atoms with Crippen LogP contribution in [0.5, 0.6) is 0 Å². The maximum Gasteiger partial charge on any atom is 0.0111 e. The number of piperidine rings is 1. The molecule has 0 radical (unpaired) electrons. The molecule has 2 heteroatoms. The molecule has 3 rings (SSSR count). The van der Waals surface area contributed by atoms with Crippen molar-refractivity contribution in [3.05, 3.63) is 35.4 Å². The van der Waals surface area contributed by atoms with Gasteiger partial charge in [-0.15, -0.1) is 0 Å². The van der Waals surface area contributed by atoms with E-state index in [-0.39, 0.29) is 0 Å². The Balaban J connectivity index is 1.44. The Kier molecular flexibility index (Phi) is 4.74. The number of likely N-dealkylation sites (tertiary alicyclic amines) is 1. The SMILES string of the molecule is CCN1CCC(CNC2CCc3ccccc3C2)CC1. The summed E-state index contributed by atoms with van der Waals surface area (Å²) < 4.78 is 0. The van der Waals surface area contributed by atoms with Crippen LogP contribution in [0.4, 0.5) is 0 Å². The molecule has 1 saturated heterocycles. The van der Waals surface area contributed by atoms with E-state index in [0.717, 1.165) is 5.92 Å². The molecule has 1 fully saturated rings. The minimum Gasteiger partial charge on any atom is -0.313 e. The van der Waals surface area contributed by atoms with E-state index in [1.54, 1.807) is 11.1 Å². The van der Waals surface area contributed by atoms with Crippen LogP contribution in [0.15, 0.2) is 24.3 Å². The average Bonchev–Trinajstić information content (AvgIpc) is 2.53. The average molecular weight is 272 g/mol. The van der Waals surface area contributed by atoms with Gasteiger partial charge in [-0.2, -0.15) is 0 Å². The molecule has 1 atom stereocenters. The predicted molar refractivity (Wildman–Crippen MR) is 85.1 cm³/mol. The number of rotatable bonds is 4. The van der Waals surface area contributed by atoms with E-state index >= 15 is 0 Å². The van der Waals surface area contributed by atoms with Crippen molar-refractivity contribution in [3.63, 3.8) is 0 Å². The molecule has 1 aliphatic heterocycles. The van der Waals surface area contributed by atoms with E-state index in [4.69, 9.17) is 0 Å². The minimum atomic E-state index is 0.703. The van der Waals surface area contributed by atoms with Gasteiger partial charge in [0.05, 0.1) is 0 Å².